The first-order valence-corrected chi connectivity index (χ1v) is 12.1. The highest BCUT2D eigenvalue weighted by Gasteiger charge is 2.53. The molecule has 4 atom stereocenters. The van der Waals surface area contributed by atoms with E-state index in [1.807, 2.05) is 12.1 Å². The summed E-state index contributed by atoms with van der Waals surface area (Å²) in [4.78, 5) is 0. The third kappa shape index (κ3) is 2.59. The first kappa shape index (κ1) is 18.7. The van der Waals surface area contributed by atoms with Crippen molar-refractivity contribution < 1.29 is 0 Å². The molecule has 0 amide bonds. The topological polar surface area (TPSA) is 0 Å². The largest absolute Gasteiger partial charge is 0.0843 e. The highest BCUT2D eigenvalue weighted by Crippen LogP contribution is 2.63. The Morgan fingerprint density at radius 3 is 2.43 bits per heavy atom. The van der Waals surface area contributed by atoms with Gasteiger partial charge >= 0.3 is 0 Å². The minimum absolute atomic E-state index is 0.207. The number of hydrogen-bond donors (Lipinski definition) is 0. The molecule has 30 heavy (non-hydrogen) atoms. The van der Waals surface area contributed by atoms with E-state index in [1.165, 1.54) is 60.8 Å². The fourth-order valence-electron chi connectivity index (χ4n) is 7.20. The van der Waals surface area contributed by atoms with Gasteiger partial charge in [-0.15, -0.1) is 0 Å². The second-order valence-electron chi connectivity index (χ2n) is 9.83. The van der Waals surface area contributed by atoms with Crippen molar-refractivity contribution in [2.24, 2.45) is 17.8 Å². The zero-order valence-electron chi connectivity index (χ0n) is 17.7. The average molecular weight is 413 g/mol. The van der Waals surface area contributed by atoms with Gasteiger partial charge in [-0.3, -0.25) is 0 Å². The van der Waals surface area contributed by atoms with Crippen molar-refractivity contribution in [2.75, 3.05) is 0 Å². The summed E-state index contributed by atoms with van der Waals surface area (Å²) in [7, 11) is 0. The van der Waals surface area contributed by atoms with Crippen LogP contribution in [-0.2, 0) is 5.41 Å². The van der Waals surface area contributed by atoms with Gasteiger partial charge < -0.3 is 0 Å². The van der Waals surface area contributed by atoms with Crippen molar-refractivity contribution in [2.45, 2.75) is 50.9 Å². The molecule has 2 saturated carbocycles. The van der Waals surface area contributed by atoms with E-state index in [1.54, 1.807) is 11.1 Å². The van der Waals surface area contributed by atoms with Crippen molar-refractivity contribution in [1.82, 2.24) is 0 Å². The Morgan fingerprint density at radius 1 is 0.833 bits per heavy atom. The van der Waals surface area contributed by atoms with Gasteiger partial charge in [0.25, 0.3) is 0 Å². The Hall–Kier alpha value is -2.05. The van der Waals surface area contributed by atoms with Gasteiger partial charge in [-0.1, -0.05) is 79.5 Å². The third-order valence-electron chi connectivity index (χ3n) is 8.50. The van der Waals surface area contributed by atoms with E-state index < -0.39 is 0 Å². The number of rotatable bonds is 2. The van der Waals surface area contributed by atoms with Crippen LogP contribution in [0.4, 0.5) is 0 Å². The van der Waals surface area contributed by atoms with E-state index in [9.17, 15) is 0 Å². The Morgan fingerprint density at radius 2 is 1.60 bits per heavy atom. The second kappa shape index (κ2) is 6.99. The van der Waals surface area contributed by atoms with Gasteiger partial charge in [0.2, 0.25) is 0 Å². The highest BCUT2D eigenvalue weighted by atomic mass is 35.5. The van der Waals surface area contributed by atoms with Crippen molar-refractivity contribution in [3.05, 3.63) is 82.9 Å². The molecule has 3 aliphatic rings. The van der Waals surface area contributed by atoms with Crippen LogP contribution in [0.2, 0.25) is 5.02 Å². The zero-order valence-corrected chi connectivity index (χ0v) is 18.5. The van der Waals surface area contributed by atoms with Crippen molar-refractivity contribution in [1.29, 1.82) is 0 Å². The molecule has 152 valence electrons. The van der Waals surface area contributed by atoms with Crippen LogP contribution in [0.15, 0.2) is 66.7 Å². The Kier molecular flexibility index (Phi) is 4.36. The van der Waals surface area contributed by atoms with Crippen LogP contribution >= 0.6 is 11.6 Å². The molecule has 0 heterocycles. The molecular formula is C29H29Cl. The lowest BCUT2D eigenvalue weighted by Crippen LogP contribution is -2.44. The number of hydrogen-bond acceptors (Lipinski definition) is 0. The van der Waals surface area contributed by atoms with E-state index in [0.29, 0.717) is 0 Å². The summed E-state index contributed by atoms with van der Waals surface area (Å²) in [5.74, 6) is 2.62. The molecule has 2 bridgehead atoms. The highest BCUT2D eigenvalue weighted by molar-refractivity contribution is 6.30. The summed E-state index contributed by atoms with van der Waals surface area (Å²) >= 11 is 6.20. The minimum Gasteiger partial charge on any atom is -0.0843 e. The van der Waals surface area contributed by atoms with Crippen LogP contribution in [0, 0.1) is 17.8 Å². The predicted octanol–water partition coefficient (Wildman–Crippen LogP) is 8.51. The molecule has 4 unspecified atom stereocenters. The van der Waals surface area contributed by atoms with Gasteiger partial charge in [-0.25, -0.2) is 0 Å². The lowest BCUT2D eigenvalue weighted by molar-refractivity contribution is 0.0778. The summed E-state index contributed by atoms with van der Waals surface area (Å²) in [6, 6.07) is 24.7. The van der Waals surface area contributed by atoms with E-state index in [-0.39, 0.29) is 5.41 Å². The fraction of sp³-hybridized carbons (Fsp3) is 0.379. The molecule has 0 aliphatic heterocycles. The molecule has 3 aliphatic carbocycles. The van der Waals surface area contributed by atoms with Gasteiger partial charge in [-0.05, 0) is 95.4 Å². The summed E-state index contributed by atoms with van der Waals surface area (Å²) in [6.07, 6.45) is 8.30. The molecule has 0 aromatic heterocycles. The van der Waals surface area contributed by atoms with Crippen LogP contribution in [-0.4, -0.2) is 0 Å². The molecule has 6 rings (SSSR count). The molecule has 0 nitrogen and oxygen atoms in total. The van der Waals surface area contributed by atoms with Crippen molar-refractivity contribution >= 4 is 11.6 Å². The predicted molar refractivity (Wildman–Crippen MR) is 127 cm³/mol. The van der Waals surface area contributed by atoms with Crippen molar-refractivity contribution in [3.8, 4) is 22.3 Å². The van der Waals surface area contributed by atoms with E-state index in [2.05, 4.69) is 61.5 Å². The maximum Gasteiger partial charge on any atom is 0.0406 e. The van der Waals surface area contributed by atoms with Crippen LogP contribution in [0.25, 0.3) is 22.3 Å². The standard InChI is InChI=1S/C29H29Cl/c1-2-19-16-20-14-15-29(22(17-19)18-20)26-8-4-3-6-25(26)28-24(7-5-9-27(28)29)21-10-12-23(30)13-11-21/h3-13,19-20,22H,2,14-18H2,1H3. The minimum atomic E-state index is 0.207. The molecular weight excluding hydrogens is 384 g/mol. The van der Waals surface area contributed by atoms with Gasteiger partial charge in [0.1, 0.15) is 0 Å². The third-order valence-corrected chi connectivity index (χ3v) is 8.75. The van der Waals surface area contributed by atoms with E-state index in [0.717, 1.165) is 22.8 Å². The number of benzene rings is 3. The summed E-state index contributed by atoms with van der Waals surface area (Å²) < 4.78 is 0. The SMILES string of the molecule is CCC1CC2CCC3(c4ccccc4-c4c(-c5ccc(Cl)cc5)cccc43)C(C1)C2. The monoisotopic (exact) mass is 412 g/mol. The molecule has 0 N–H and O–H groups in total. The Balaban J connectivity index is 1.59. The van der Waals surface area contributed by atoms with Gasteiger partial charge in [0, 0.05) is 10.4 Å². The van der Waals surface area contributed by atoms with Gasteiger partial charge in [-0.2, -0.15) is 0 Å². The van der Waals surface area contributed by atoms with Crippen LogP contribution < -0.4 is 0 Å². The summed E-state index contributed by atoms with van der Waals surface area (Å²) in [5.41, 5.74) is 8.98. The zero-order chi connectivity index (χ0) is 20.3. The molecule has 0 radical (unpaired) electrons. The average Bonchev–Trinajstić information content (AvgIpc) is 3.08. The van der Waals surface area contributed by atoms with Crippen LogP contribution in [0.1, 0.15) is 56.6 Å². The van der Waals surface area contributed by atoms with Gasteiger partial charge in [0.15, 0.2) is 0 Å². The molecule has 3 aromatic carbocycles. The Bertz CT molecular complexity index is 1100. The lowest BCUT2D eigenvalue weighted by Gasteiger charge is -2.51. The molecule has 1 spiro atoms. The molecule has 2 fully saturated rings. The fourth-order valence-corrected chi connectivity index (χ4v) is 7.33. The van der Waals surface area contributed by atoms with Crippen molar-refractivity contribution in [3.63, 3.8) is 0 Å². The first-order chi connectivity index (χ1) is 14.7. The smallest absolute Gasteiger partial charge is 0.0406 e. The lowest BCUT2D eigenvalue weighted by atomic mass is 9.53. The first-order valence-electron chi connectivity index (χ1n) is 11.7. The van der Waals surface area contributed by atoms with Gasteiger partial charge in [0.05, 0.1) is 0 Å². The normalized spacial score (nSPS) is 28.9. The molecule has 1 heteroatoms. The molecule has 3 aromatic rings. The van der Waals surface area contributed by atoms with E-state index in [4.69, 9.17) is 11.6 Å². The number of fused-ring (bicyclic) bond motifs is 8. The Labute approximate surface area is 185 Å². The summed E-state index contributed by atoms with van der Waals surface area (Å²) in [6.45, 7) is 2.40. The summed E-state index contributed by atoms with van der Waals surface area (Å²) in [5, 5.41) is 0.800. The van der Waals surface area contributed by atoms with Crippen LogP contribution in [0.5, 0.6) is 0 Å². The molecule has 0 saturated heterocycles. The second-order valence-corrected chi connectivity index (χ2v) is 10.3. The maximum atomic E-state index is 6.20. The van der Waals surface area contributed by atoms with Crippen LogP contribution in [0.3, 0.4) is 0 Å². The quantitative estimate of drug-likeness (QED) is 0.395. The number of halogens is 1. The maximum absolute atomic E-state index is 6.20. The van der Waals surface area contributed by atoms with E-state index >= 15 is 0 Å².